The summed E-state index contributed by atoms with van der Waals surface area (Å²) in [5.41, 5.74) is 2.60. The molecular weight excluding hydrogens is 366 g/mol. The zero-order valence-electron chi connectivity index (χ0n) is 15.6. The van der Waals surface area contributed by atoms with Gasteiger partial charge in [0.25, 0.3) is 5.91 Å². The zero-order valence-corrected chi connectivity index (χ0v) is 15.6. The maximum atomic E-state index is 13.2. The second-order valence-electron chi connectivity index (χ2n) is 6.73. The van der Waals surface area contributed by atoms with Crippen LogP contribution in [0.3, 0.4) is 0 Å². The zero-order chi connectivity index (χ0) is 19.8. The number of hydrogen-bond donors (Lipinski definition) is 1. The van der Waals surface area contributed by atoms with E-state index in [0.29, 0.717) is 22.8 Å². The first-order chi connectivity index (χ1) is 14.2. The molecule has 1 N–H and O–H groups in total. The van der Waals surface area contributed by atoms with E-state index in [1.807, 2.05) is 66.1 Å². The van der Waals surface area contributed by atoms with E-state index < -0.39 is 0 Å². The number of pyridine rings is 2. The van der Waals surface area contributed by atoms with Crippen LogP contribution in [0.1, 0.15) is 29.1 Å². The molecule has 0 spiro atoms. The number of furan rings is 1. The van der Waals surface area contributed by atoms with Crippen molar-refractivity contribution in [1.29, 1.82) is 0 Å². The summed E-state index contributed by atoms with van der Waals surface area (Å²) < 4.78 is 7.34. The molecule has 4 aromatic heterocycles. The van der Waals surface area contributed by atoms with Gasteiger partial charge in [0, 0.05) is 11.6 Å². The van der Waals surface area contributed by atoms with Gasteiger partial charge >= 0.3 is 0 Å². The lowest BCUT2D eigenvalue weighted by Gasteiger charge is -2.14. The van der Waals surface area contributed by atoms with Crippen LogP contribution >= 0.6 is 0 Å². The Labute approximate surface area is 166 Å². The number of amides is 1. The van der Waals surface area contributed by atoms with Gasteiger partial charge in [0.1, 0.15) is 5.69 Å². The Bertz CT molecular complexity index is 1320. The fourth-order valence-electron chi connectivity index (χ4n) is 3.41. The molecule has 0 bridgehead atoms. The van der Waals surface area contributed by atoms with Gasteiger partial charge in [-0.3, -0.25) is 9.20 Å². The first-order valence-corrected chi connectivity index (χ1v) is 9.25. The number of fused-ring (bicyclic) bond motifs is 2. The first-order valence-electron chi connectivity index (χ1n) is 9.25. The summed E-state index contributed by atoms with van der Waals surface area (Å²) in [5.74, 6) is 1.07. The molecule has 0 radical (unpaired) electrons. The maximum absolute atomic E-state index is 13.2. The number of benzene rings is 1. The normalized spacial score (nSPS) is 12.3. The third kappa shape index (κ3) is 3.02. The molecule has 0 fully saturated rings. The highest BCUT2D eigenvalue weighted by atomic mass is 16.3. The number of aromatic nitrogens is 4. The summed E-state index contributed by atoms with van der Waals surface area (Å²) in [6, 6.07) is 18.3. The number of carbonyl (C=O) groups is 1. The highest BCUT2D eigenvalue weighted by Crippen LogP contribution is 2.25. The van der Waals surface area contributed by atoms with Crippen LogP contribution < -0.4 is 5.32 Å². The average molecular weight is 383 g/mol. The third-order valence-electron chi connectivity index (χ3n) is 4.81. The van der Waals surface area contributed by atoms with E-state index in [2.05, 4.69) is 20.5 Å². The van der Waals surface area contributed by atoms with Gasteiger partial charge in [-0.15, -0.1) is 10.2 Å². The minimum absolute atomic E-state index is 0.211. The molecule has 5 aromatic rings. The number of para-hydroxylation sites is 1. The fraction of sp³-hybridized carbons (Fsp3) is 0.0909. The Kier molecular flexibility index (Phi) is 4.05. The molecule has 142 valence electrons. The second-order valence-corrected chi connectivity index (χ2v) is 6.73. The highest BCUT2D eigenvalue weighted by Gasteiger charge is 2.20. The molecule has 0 saturated heterocycles. The van der Waals surface area contributed by atoms with Gasteiger partial charge < -0.3 is 9.73 Å². The molecule has 7 nitrogen and oxygen atoms in total. The average Bonchev–Trinajstić information content (AvgIpc) is 3.43. The molecule has 5 rings (SSSR count). The van der Waals surface area contributed by atoms with Crippen molar-refractivity contribution in [2.75, 3.05) is 0 Å². The molecule has 0 saturated carbocycles. The number of nitrogens with zero attached hydrogens (tertiary/aromatic N) is 4. The van der Waals surface area contributed by atoms with E-state index in [1.165, 1.54) is 0 Å². The van der Waals surface area contributed by atoms with Crippen molar-refractivity contribution in [3.8, 4) is 11.5 Å². The van der Waals surface area contributed by atoms with Gasteiger partial charge in [0.05, 0.1) is 23.4 Å². The minimum Gasteiger partial charge on any atom is -0.463 e. The quantitative estimate of drug-likeness (QED) is 0.506. The third-order valence-corrected chi connectivity index (χ3v) is 4.81. The van der Waals surface area contributed by atoms with Crippen molar-refractivity contribution >= 4 is 22.5 Å². The van der Waals surface area contributed by atoms with E-state index in [-0.39, 0.29) is 11.9 Å². The number of rotatable bonds is 4. The standard InChI is InChI=1S/C22H17N5O2/c1-14(21-26-25-20-10-4-5-11-27(20)21)23-22(28)16-13-18(19-9-6-12-29-19)24-17-8-3-2-7-15(16)17/h2-14H,1H3,(H,23,28). The highest BCUT2D eigenvalue weighted by molar-refractivity contribution is 6.07. The Balaban J connectivity index is 1.53. The van der Waals surface area contributed by atoms with Crippen LogP contribution in [0.2, 0.25) is 0 Å². The van der Waals surface area contributed by atoms with E-state index in [0.717, 1.165) is 16.6 Å². The molecule has 1 aromatic carbocycles. The van der Waals surface area contributed by atoms with Crippen LogP contribution in [0.5, 0.6) is 0 Å². The van der Waals surface area contributed by atoms with Crippen LogP contribution in [-0.2, 0) is 0 Å². The minimum atomic E-state index is -0.334. The fourth-order valence-corrected chi connectivity index (χ4v) is 3.41. The molecule has 1 atom stereocenters. The molecule has 7 heteroatoms. The topological polar surface area (TPSA) is 85.3 Å². The second kappa shape index (κ2) is 6.87. The lowest BCUT2D eigenvalue weighted by Crippen LogP contribution is -2.28. The van der Waals surface area contributed by atoms with Crippen molar-refractivity contribution in [2.45, 2.75) is 13.0 Å². The van der Waals surface area contributed by atoms with Crippen molar-refractivity contribution in [3.63, 3.8) is 0 Å². The summed E-state index contributed by atoms with van der Waals surface area (Å²) in [7, 11) is 0. The Morgan fingerprint density at radius 3 is 2.79 bits per heavy atom. The van der Waals surface area contributed by atoms with Crippen LogP contribution in [0.4, 0.5) is 0 Å². The van der Waals surface area contributed by atoms with Crippen LogP contribution in [0.15, 0.2) is 77.5 Å². The molecule has 0 aliphatic rings. The smallest absolute Gasteiger partial charge is 0.252 e. The van der Waals surface area contributed by atoms with Crippen molar-refractivity contribution in [1.82, 2.24) is 24.9 Å². The van der Waals surface area contributed by atoms with E-state index in [9.17, 15) is 4.79 Å². The summed E-state index contributed by atoms with van der Waals surface area (Å²) in [6.45, 7) is 1.89. The van der Waals surface area contributed by atoms with Gasteiger partial charge in [0.2, 0.25) is 0 Å². The van der Waals surface area contributed by atoms with Crippen molar-refractivity contribution in [3.05, 3.63) is 84.5 Å². The number of hydrogen-bond acceptors (Lipinski definition) is 5. The molecule has 0 aliphatic heterocycles. The molecule has 0 aliphatic carbocycles. The molecule has 1 amide bonds. The lowest BCUT2D eigenvalue weighted by atomic mass is 10.1. The van der Waals surface area contributed by atoms with Gasteiger partial charge in [0.15, 0.2) is 17.2 Å². The van der Waals surface area contributed by atoms with E-state index >= 15 is 0 Å². The van der Waals surface area contributed by atoms with Crippen LogP contribution in [0.25, 0.3) is 28.0 Å². The molecule has 4 heterocycles. The van der Waals surface area contributed by atoms with Gasteiger partial charge in [-0.2, -0.15) is 0 Å². The molecular formula is C22H17N5O2. The Morgan fingerprint density at radius 1 is 1.07 bits per heavy atom. The summed E-state index contributed by atoms with van der Waals surface area (Å²) >= 11 is 0. The van der Waals surface area contributed by atoms with Crippen molar-refractivity contribution in [2.24, 2.45) is 0 Å². The predicted octanol–water partition coefficient (Wildman–Crippen LogP) is 4.03. The van der Waals surface area contributed by atoms with E-state index in [1.54, 1.807) is 18.4 Å². The van der Waals surface area contributed by atoms with Gasteiger partial charge in [-0.1, -0.05) is 24.3 Å². The van der Waals surface area contributed by atoms with E-state index in [4.69, 9.17) is 4.42 Å². The van der Waals surface area contributed by atoms with Gasteiger partial charge in [-0.05, 0) is 43.3 Å². The summed E-state index contributed by atoms with van der Waals surface area (Å²) in [5, 5.41) is 12.2. The van der Waals surface area contributed by atoms with Crippen LogP contribution in [-0.4, -0.2) is 25.5 Å². The molecule has 1 unspecified atom stereocenters. The number of carbonyl (C=O) groups excluding carboxylic acids is 1. The Hall–Kier alpha value is -4.00. The number of nitrogens with one attached hydrogen (secondary N) is 1. The summed E-state index contributed by atoms with van der Waals surface area (Å²) in [6.07, 6.45) is 3.47. The van der Waals surface area contributed by atoms with Crippen molar-refractivity contribution < 1.29 is 9.21 Å². The first kappa shape index (κ1) is 17.1. The summed E-state index contributed by atoms with van der Waals surface area (Å²) in [4.78, 5) is 17.8. The van der Waals surface area contributed by atoms with Crippen LogP contribution in [0, 0.1) is 0 Å². The van der Waals surface area contributed by atoms with Gasteiger partial charge in [-0.25, -0.2) is 4.98 Å². The predicted molar refractivity (Wildman–Crippen MR) is 108 cm³/mol. The monoisotopic (exact) mass is 383 g/mol. The lowest BCUT2D eigenvalue weighted by molar-refractivity contribution is 0.0939. The Morgan fingerprint density at radius 2 is 1.93 bits per heavy atom. The largest absolute Gasteiger partial charge is 0.463 e. The SMILES string of the molecule is CC(NC(=O)c1cc(-c2ccco2)nc2ccccc12)c1nnc2ccccn12. The maximum Gasteiger partial charge on any atom is 0.252 e. The molecule has 29 heavy (non-hydrogen) atoms.